The van der Waals surface area contributed by atoms with Crippen LogP contribution in [0.2, 0.25) is 0 Å². The van der Waals surface area contributed by atoms with E-state index in [1.54, 1.807) is 0 Å². The number of rotatable bonds is 6. The quantitative estimate of drug-likeness (QED) is 0.726. The molecule has 0 aromatic heterocycles. The SMILES string of the molecule is CCOC(=O)CC(CC)(c1ccccc1)N(C)C. The van der Waals surface area contributed by atoms with Crippen LogP contribution in [0.5, 0.6) is 0 Å². The molecule has 0 saturated heterocycles. The molecule has 0 bridgehead atoms. The zero-order valence-corrected chi connectivity index (χ0v) is 11.8. The predicted molar refractivity (Wildman–Crippen MR) is 73.3 cm³/mol. The Kier molecular flexibility index (Phi) is 5.35. The minimum Gasteiger partial charge on any atom is -0.466 e. The predicted octanol–water partition coefficient (Wildman–Crippen LogP) is 2.81. The van der Waals surface area contributed by atoms with E-state index in [0.29, 0.717) is 13.0 Å². The summed E-state index contributed by atoms with van der Waals surface area (Å²) in [5.41, 5.74) is 0.874. The lowest BCUT2D eigenvalue weighted by molar-refractivity contribution is -0.146. The summed E-state index contributed by atoms with van der Waals surface area (Å²) in [7, 11) is 4.02. The van der Waals surface area contributed by atoms with E-state index in [-0.39, 0.29) is 11.5 Å². The van der Waals surface area contributed by atoms with Crippen LogP contribution < -0.4 is 0 Å². The molecule has 0 amide bonds. The second kappa shape index (κ2) is 6.55. The molecule has 0 N–H and O–H groups in total. The summed E-state index contributed by atoms with van der Waals surface area (Å²) < 4.78 is 5.11. The molecule has 0 heterocycles. The summed E-state index contributed by atoms with van der Waals surface area (Å²) in [5, 5.41) is 0. The van der Waals surface area contributed by atoms with Crippen LogP contribution in [0.3, 0.4) is 0 Å². The Hall–Kier alpha value is -1.35. The van der Waals surface area contributed by atoms with Gasteiger partial charge in [0.15, 0.2) is 0 Å². The van der Waals surface area contributed by atoms with Gasteiger partial charge in [0.1, 0.15) is 0 Å². The Morgan fingerprint density at radius 1 is 1.22 bits per heavy atom. The molecule has 0 aliphatic carbocycles. The smallest absolute Gasteiger partial charge is 0.308 e. The zero-order chi connectivity index (χ0) is 13.6. The summed E-state index contributed by atoms with van der Waals surface area (Å²) in [4.78, 5) is 14.0. The number of hydrogen-bond donors (Lipinski definition) is 0. The van der Waals surface area contributed by atoms with Crippen LogP contribution in [-0.4, -0.2) is 31.6 Å². The van der Waals surface area contributed by atoms with E-state index in [1.165, 1.54) is 0 Å². The van der Waals surface area contributed by atoms with Gasteiger partial charge in [0.25, 0.3) is 0 Å². The molecule has 1 aromatic rings. The van der Waals surface area contributed by atoms with Gasteiger partial charge in [-0.1, -0.05) is 37.3 Å². The molecule has 18 heavy (non-hydrogen) atoms. The first-order valence-corrected chi connectivity index (χ1v) is 6.45. The van der Waals surface area contributed by atoms with E-state index >= 15 is 0 Å². The molecule has 0 fully saturated rings. The van der Waals surface area contributed by atoms with Gasteiger partial charge >= 0.3 is 5.97 Å². The normalized spacial score (nSPS) is 14.3. The largest absolute Gasteiger partial charge is 0.466 e. The van der Waals surface area contributed by atoms with Gasteiger partial charge in [-0.2, -0.15) is 0 Å². The Morgan fingerprint density at radius 3 is 2.28 bits per heavy atom. The highest BCUT2D eigenvalue weighted by atomic mass is 16.5. The standard InChI is InChI=1S/C15H23NO2/c1-5-15(16(3)4,12-14(17)18-6-2)13-10-8-7-9-11-13/h7-11H,5-6,12H2,1-4H3. The Bertz CT molecular complexity index is 375. The Labute approximate surface area is 110 Å². The molecule has 3 heteroatoms. The monoisotopic (exact) mass is 249 g/mol. The van der Waals surface area contributed by atoms with Crippen LogP contribution in [0.4, 0.5) is 0 Å². The van der Waals surface area contributed by atoms with E-state index in [2.05, 4.69) is 24.0 Å². The highest BCUT2D eigenvalue weighted by Gasteiger charge is 2.35. The van der Waals surface area contributed by atoms with Crippen molar-refractivity contribution in [2.45, 2.75) is 32.2 Å². The molecule has 1 aromatic carbocycles. The summed E-state index contributed by atoms with van der Waals surface area (Å²) in [6, 6.07) is 10.2. The first-order chi connectivity index (χ1) is 8.56. The molecule has 1 unspecified atom stereocenters. The number of esters is 1. The topological polar surface area (TPSA) is 29.5 Å². The number of hydrogen-bond acceptors (Lipinski definition) is 3. The van der Waals surface area contributed by atoms with Crippen molar-refractivity contribution < 1.29 is 9.53 Å². The fourth-order valence-electron chi connectivity index (χ4n) is 2.36. The number of benzene rings is 1. The van der Waals surface area contributed by atoms with Crippen molar-refractivity contribution in [2.75, 3.05) is 20.7 Å². The number of nitrogens with zero attached hydrogens (tertiary/aromatic N) is 1. The third-order valence-corrected chi connectivity index (χ3v) is 3.49. The lowest BCUT2D eigenvalue weighted by atomic mass is 9.83. The molecule has 0 spiro atoms. The highest BCUT2D eigenvalue weighted by molar-refractivity contribution is 5.71. The van der Waals surface area contributed by atoms with Gasteiger partial charge in [-0.15, -0.1) is 0 Å². The van der Waals surface area contributed by atoms with Crippen molar-refractivity contribution in [3.63, 3.8) is 0 Å². The van der Waals surface area contributed by atoms with E-state index in [0.717, 1.165) is 12.0 Å². The lowest BCUT2D eigenvalue weighted by Crippen LogP contribution is -2.43. The van der Waals surface area contributed by atoms with Gasteiger partial charge in [-0.05, 0) is 33.0 Å². The fraction of sp³-hybridized carbons (Fsp3) is 0.533. The number of carbonyl (C=O) groups excluding carboxylic acids is 1. The van der Waals surface area contributed by atoms with Crippen LogP contribution in [0.25, 0.3) is 0 Å². The molecule has 0 radical (unpaired) electrons. The van der Waals surface area contributed by atoms with Crippen LogP contribution >= 0.6 is 0 Å². The summed E-state index contributed by atoms with van der Waals surface area (Å²) >= 11 is 0. The summed E-state index contributed by atoms with van der Waals surface area (Å²) in [6.07, 6.45) is 1.25. The third kappa shape index (κ3) is 3.10. The van der Waals surface area contributed by atoms with E-state index in [9.17, 15) is 4.79 Å². The van der Waals surface area contributed by atoms with Crippen molar-refractivity contribution in [3.8, 4) is 0 Å². The van der Waals surface area contributed by atoms with E-state index in [4.69, 9.17) is 4.74 Å². The summed E-state index contributed by atoms with van der Waals surface area (Å²) in [5.74, 6) is -0.142. The van der Waals surface area contributed by atoms with Gasteiger partial charge in [-0.25, -0.2) is 0 Å². The molecular formula is C15H23NO2. The van der Waals surface area contributed by atoms with Gasteiger partial charge in [0.05, 0.1) is 18.6 Å². The van der Waals surface area contributed by atoms with E-state index < -0.39 is 0 Å². The van der Waals surface area contributed by atoms with Crippen molar-refractivity contribution >= 4 is 5.97 Å². The van der Waals surface area contributed by atoms with Gasteiger partial charge in [0, 0.05) is 0 Å². The molecular weight excluding hydrogens is 226 g/mol. The van der Waals surface area contributed by atoms with Crippen LogP contribution in [0.15, 0.2) is 30.3 Å². The van der Waals surface area contributed by atoms with Crippen molar-refractivity contribution in [1.82, 2.24) is 4.90 Å². The third-order valence-electron chi connectivity index (χ3n) is 3.49. The van der Waals surface area contributed by atoms with Crippen LogP contribution in [0.1, 0.15) is 32.3 Å². The maximum Gasteiger partial charge on any atom is 0.308 e. The molecule has 0 aliphatic rings. The second-order valence-electron chi connectivity index (χ2n) is 4.63. The molecule has 0 aliphatic heterocycles. The Balaban J connectivity index is 3.06. The average Bonchev–Trinajstić information content (AvgIpc) is 2.37. The van der Waals surface area contributed by atoms with Crippen molar-refractivity contribution in [3.05, 3.63) is 35.9 Å². The second-order valence-corrected chi connectivity index (χ2v) is 4.63. The first-order valence-electron chi connectivity index (χ1n) is 6.45. The zero-order valence-electron chi connectivity index (χ0n) is 11.8. The van der Waals surface area contributed by atoms with Gasteiger partial charge in [0.2, 0.25) is 0 Å². The minimum atomic E-state index is -0.284. The molecule has 100 valence electrons. The summed E-state index contributed by atoms with van der Waals surface area (Å²) in [6.45, 7) is 4.37. The average molecular weight is 249 g/mol. The Morgan fingerprint density at radius 2 is 1.83 bits per heavy atom. The minimum absolute atomic E-state index is 0.142. The van der Waals surface area contributed by atoms with Crippen LogP contribution in [0, 0.1) is 0 Å². The van der Waals surface area contributed by atoms with Crippen molar-refractivity contribution in [2.24, 2.45) is 0 Å². The van der Waals surface area contributed by atoms with Crippen LogP contribution in [-0.2, 0) is 15.1 Å². The molecule has 1 atom stereocenters. The highest BCUT2D eigenvalue weighted by Crippen LogP contribution is 2.34. The van der Waals surface area contributed by atoms with Crippen molar-refractivity contribution in [1.29, 1.82) is 0 Å². The maximum absolute atomic E-state index is 11.8. The van der Waals surface area contributed by atoms with Gasteiger partial charge < -0.3 is 4.74 Å². The van der Waals surface area contributed by atoms with E-state index in [1.807, 2.05) is 39.2 Å². The fourth-order valence-corrected chi connectivity index (χ4v) is 2.36. The number of carbonyl (C=O) groups is 1. The first kappa shape index (κ1) is 14.7. The number of ether oxygens (including phenoxy) is 1. The van der Waals surface area contributed by atoms with Gasteiger partial charge in [-0.3, -0.25) is 9.69 Å². The molecule has 0 saturated carbocycles. The lowest BCUT2D eigenvalue weighted by Gasteiger charge is -2.39. The molecule has 3 nitrogen and oxygen atoms in total. The maximum atomic E-state index is 11.8. The molecule has 1 rings (SSSR count).